The highest BCUT2D eigenvalue weighted by atomic mass is 35.5. The van der Waals surface area contributed by atoms with Crippen LogP contribution in [-0.2, 0) is 16.0 Å². The van der Waals surface area contributed by atoms with Gasteiger partial charge in [-0.15, -0.1) is 0 Å². The zero-order valence-electron chi connectivity index (χ0n) is 20.8. The Labute approximate surface area is 218 Å². The van der Waals surface area contributed by atoms with Crippen molar-refractivity contribution in [2.45, 2.75) is 57.0 Å². The molecule has 0 spiro atoms. The highest BCUT2D eigenvalue weighted by Gasteiger charge is 2.38. The molecular weight excluding hydrogens is 474 g/mol. The molecule has 5 rings (SSSR count). The lowest BCUT2D eigenvalue weighted by Crippen LogP contribution is -2.58. The lowest BCUT2D eigenvalue weighted by Gasteiger charge is -2.41. The Hall–Kier alpha value is -2.57. The van der Waals surface area contributed by atoms with Crippen LogP contribution in [0.3, 0.4) is 0 Å². The first-order chi connectivity index (χ1) is 17.6. The maximum atomic E-state index is 13.7. The van der Waals surface area contributed by atoms with E-state index in [0.717, 1.165) is 32.1 Å². The van der Waals surface area contributed by atoms with Gasteiger partial charge in [0.2, 0.25) is 5.91 Å². The highest BCUT2D eigenvalue weighted by Crippen LogP contribution is 2.33. The molecule has 1 N–H and O–H groups in total. The summed E-state index contributed by atoms with van der Waals surface area (Å²) in [5.41, 5.74) is 2.64. The average molecular weight is 510 g/mol. The van der Waals surface area contributed by atoms with E-state index in [4.69, 9.17) is 16.3 Å². The first kappa shape index (κ1) is 25.1. The van der Waals surface area contributed by atoms with Crippen molar-refractivity contribution in [3.8, 4) is 5.75 Å². The second kappa shape index (κ2) is 11.7. The number of nitrogens with one attached hydrogen (secondary N) is 1. The number of hydrogen-bond donors (Lipinski definition) is 1. The number of carbonyl (C=O) groups excluding carboxylic acids is 2. The molecule has 6 nitrogen and oxygen atoms in total. The predicted molar refractivity (Wildman–Crippen MR) is 141 cm³/mol. The van der Waals surface area contributed by atoms with Crippen LogP contribution in [0.1, 0.15) is 55.7 Å². The van der Waals surface area contributed by atoms with Gasteiger partial charge < -0.3 is 15.0 Å². The molecule has 1 saturated carbocycles. The molecule has 1 aliphatic heterocycles. The molecule has 2 aromatic rings. The van der Waals surface area contributed by atoms with E-state index in [-0.39, 0.29) is 30.5 Å². The molecule has 2 fully saturated rings. The summed E-state index contributed by atoms with van der Waals surface area (Å²) in [5, 5.41) is 4.07. The summed E-state index contributed by atoms with van der Waals surface area (Å²) in [5.74, 6) is 1.16. The van der Waals surface area contributed by atoms with E-state index in [9.17, 15) is 9.59 Å². The number of benzene rings is 2. The molecule has 7 heteroatoms. The highest BCUT2D eigenvalue weighted by molar-refractivity contribution is 6.30. The quantitative estimate of drug-likeness (QED) is 0.592. The van der Waals surface area contributed by atoms with E-state index >= 15 is 0 Å². The summed E-state index contributed by atoms with van der Waals surface area (Å²) >= 11 is 5.92. The molecule has 2 aliphatic carbocycles. The minimum Gasteiger partial charge on any atom is -0.484 e. The number of amides is 2. The molecule has 2 atom stereocenters. The molecule has 3 aliphatic rings. The van der Waals surface area contributed by atoms with E-state index in [1.54, 1.807) is 24.3 Å². The summed E-state index contributed by atoms with van der Waals surface area (Å²) in [6, 6.07) is 15.5. The van der Waals surface area contributed by atoms with Crippen molar-refractivity contribution in [1.82, 2.24) is 15.1 Å². The second-order valence-electron chi connectivity index (χ2n) is 10.3. The third kappa shape index (κ3) is 5.87. The molecule has 1 saturated heterocycles. The molecule has 0 aromatic heterocycles. The van der Waals surface area contributed by atoms with Crippen molar-refractivity contribution in [3.63, 3.8) is 0 Å². The standard InChI is InChI=1S/C29H36ClN3O3/c30-23-12-14-24(15-13-23)36-20-27(34)32-16-18-33(19-17-32)28(22-7-1-2-8-22)29(35)31-26-11-5-9-21-6-3-4-10-25(21)26/h3-4,6,10,12-15,22,26,28H,1-2,5,7-9,11,16-20H2,(H,31,35)/t26-,28+/m0/s1. The number of aryl methyl sites for hydroxylation is 1. The van der Waals surface area contributed by atoms with Crippen LogP contribution in [0.15, 0.2) is 48.5 Å². The number of fused-ring (bicyclic) bond motifs is 1. The largest absolute Gasteiger partial charge is 0.484 e. The van der Waals surface area contributed by atoms with Crippen LogP contribution in [0.2, 0.25) is 5.02 Å². The van der Waals surface area contributed by atoms with Gasteiger partial charge in [-0.2, -0.15) is 0 Å². The summed E-state index contributed by atoms with van der Waals surface area (Å²) in [7, 11) is 0. The molecule has 1 heterocycles. The monoisotopic (exact) mass is 509 g/mol. The fourth-order valence-electron chi connectivity index (χ4n) is 6.13. The summed E-state index contributed by atoms with van der Waals surface area (Å²) in [6.45, 7) is 2.66. The Kier molecular flexibility index (Phi) is 8.12. The van der Waals surface area contributed by atoms with Gasteiger partial charge >= 0.3 is 0 Å². The first-order valence-electron chi connectivity index (χ1n) is 13.4. The van der Waals surface area contributed by atoms with Crippen molar-refractivity contribution in [1.29, 1.82) is 0 Å². The van der Waals surface area contributed by atoms with E-state index in [1.807, 2.05) is 4.90 Å². The second-order valence-corrected chi connectivity index (χ2v) is 10.7. The maximum absolute atomic E-state index is 13.7. The average Bonchev–Trinajstić information content (AvgIpc) is 3.43. The SMILES string of the molecule is O=C(N[C@H]1CCCc2ccccc21)[C@@H](C1CCCC1)N1CCN(C(=O)COc2ccc(Cl)cc2)CC1. The van der Waals surface area contributed by atoms with Crippen LogP contribution in [0.5, 0.6) is 5.75 Å². The topological polar surface area (TPSA) is 61.9 Å². The van der Waals surface area contributed by atoms with Gasteiger partial charge in [0.25, 0.3) is 5.91 Å². The van der Waals surface area contributed by atoms with Crippen LogP contribution in [0, 0.1) is 5.92 Å². The fourth-order valence-corrected chi connectivity index (χ4v) is 6.25. The van der Waals surface area contributed by atoms with Gasteiger partial charge in [-0.3, -0.25) is 14.5 Å². The minimum atomic E-state index is -0.121. The van der Waals surface area contributed by atoms with E-state index in [0.29, 0.717) is 42.9 Å². The molecule has 192 valence electrons. The smallest absolute Gasteiger partial charge is 0.260 e. The third-order valence-electron chi connectivity index (χ3n) is 8.04. The number of ether oxygens (including phenoxy) is 1. The van der Waals surface area contributed by atoms with Gasteiger partial charge in [0.05, 0.1) is 12.1 Å². The van der Waals surface area contributed by atoms with Crippen molar-refractivity contribution < 1.29 is 14.3 Å². The van der Waals surface area contributed by atoms with Gasteiger partial charge in [-0.05, 0) is 73.4 Å². The van der Waals surface area contributed by atoms with Crippen LogP contribution < -0.4 is 10.1 Å². The molecule has 2 aromatic carbocycles. The van der Waals surface area contributed by atoms with Gasteiger partial charge in [0.1, 0.15) is 5.75 Å². The van der Waals surface area contributed by atoms with Gasteiger partial charge in [-0.25, -0.2) is 0 Å². The zero-order chi connectivity index (χ0) is 24.9. The minimum absolute atomic E-state index is 0.00919. The molecule has 0 radical (unpaired) electrons. The fraction of sp³-hybridized carbons (Fsp3) is 0.517. The normalized spacial score (nSPS) is 21.6. The number of nitrogens with zero attached hydrogens (tertiary/aromatic N) is 2. The van der Waals surface area contributed by atoms with Crippen LogP contribution in [-0.4, -0.2) is 60.4 Å². The third-order valence-corrected chi connectivity index (χ3v) is 8.29. The zero-order valence-corrected chi connectivity index (χ0v) is 21.6. The van der Waals surface area contributed by atoms with Crippen LogP contribution in [0.25, 0.3) is 0 Å². The predicted octanol–water partition coefficient (Wildman–Crippen LogP) is 4.62. The molecule has 0 bridgehead atoms. The summed E-state index contributed by atoms with van der Waals surface area (Å²) in [6.07, 6.45) is 7.79. The Bertz CT molecular complexity index is 1050. The van der Waals surface area contributed by atoms with Gasteiger partial charge in [0, 0.05) is 31.2 Å². The van der Waals surface area contributed by atoms with Gasteiger partial charge in [0.15, 0.2) is 6.61 Å². The number of piperazine rings is 1. The number of halogens is 1. The maximum Gasteiger partial charge on any atom is 0.260 e. The molecule has 0 unspecified atom stereocenters. The molecule has 36 heavy (non-hydrogen) atoms. The number of rotatable bonds is 7. The Morgan fingerprint density at radius 3 is 2.42 bits per heavy atom. The van der Waals surface area contributed by atoms with Crippen LogP contribution in [0.4, 0.5) is 0 Å². The lowest BCUT2D eigenvalue weighted by molar-refractivity contribution is -0.137. The molecule has 2 amide bonds. The van der Waals surface area contributed by atoms with Crippen molar-refractivity contribution in [2.75, 3.05) is 32.8 Å². The van der Waals surface area contributed by atoms with Crippen molar-refractivity contribution in [3.05, 3.63) is 64.7 Å². The Morgan fingerprint density at radius 2 is 1.67 bits per heavy atom. The Balaban J connectivity index is 1.19. The van der Waals surface area contributed by atoms with E-state index in [1.165, 1.54) is 24.0 Å². The first-order valence-corrected chi connectivity index (χ1v) is 13.7. The summed E-state index contributed by atoms with van der Waals surface area (Å²) in [4.78, 5) is 30.7. The molecular formula is C29H36ClN3O3. The van der Waals surface area contributed by atoms with E-state index < -0.39 is 0 Å². The van der Waals surface area contributed by atoms with Crippen molar-refractivity contribution in [2.24, 2.45) is 5.92 Å². The number of hydrogen-bond acceptors (Lipinski definition) is 4. The Morgan fingerprint density at radius 1 is 0.944 bits per heavy atom. The van der Waals surface area contributed by atoms with Crippen LogP contribution >= 0.6 is 11.6 Å². The van der Waals surface area contributed by atoms with E-state index in [2.05, 4.69) is 34.5 Å². The van der Waals surface area contributed by atoms with Gasteiger partial charge in [-0.1, -0.05) is 48.7 Å². The summed E-state index contributed by atoms with van der Waals surface area (Å²) < 4.78 is 5.66. The lowest BCUT2D eigenvalue weighted by atomic mass is 9.87. The number of carbonyl (C=O) groups is 2. The van der Waals surface area contributed by atoms with Crippen molar-refractivity contribution >= 4 is 23.4 Å².